The van der Waals surface area contributed by atoms with Crippen molar-refractivity contribution in [1.29, 1.82) is 0 Å². The molecule has 0 aliphatic rings. The van der Waals surface area contributed by atoms with E-state index in [1.54, 1.807) is 7.05 Å². The minimum absolute atomic E-state index is 0.00988. The Hall–Kier alpha value is -3.87. The SMILES string of the molecule is C=CCOC(=O)C(CCCNC)NC(=O)OC(C)c1cc(OC)c(OCCCC=O)cc1[N+](=O)[O-].CC.NCCOCCOCCOCCN. The highest BCUT2D eigenvalue weighted by Crippen LogP contribution is 2.38. The van der Waals surface area contributed by atoms with E-state index >= 15 is 0 Å². The predicted octanol–water partition coefficient (Wildman–Crippen LogP) is 2.83. The van der Waals surface area contributed by atoms with Crippen LogP contribution in [0.3, 0.4) is 0 Å². The Bertz CT molecular complexity index is 1050. The number of alkyl carbamates (subject to hydrolysis) is 1. The van der Waals surface area contributed by atoms with Crippen LogP contribution in [-0.2, 0) is 33.3 Å². The minimum Gasteiger partial charge on any atom is -0.493 e. The number of nitrogens with two attached hydrogens (primary N) is 2. The molecule has 1 rings (SSSR count). The molecule has 0 spiro atoms. The van der Waals surface area contributed by atoms with Crippen LogP contribution in [0.2, 0.25) is 0 Å². The molecule has 0 aliphatic heterocycles. The molecule has 1 aromatic carbocycles. The van der Waals surface area contributed by atoms with E-state index in [0.29, 0.717) is 85.0 Å². The lowest BCUT2D eigenvalue weighted by Gasteiger charge is -2.20. The van der Waals surface area contributed by atoms with Gasteiger partial charge in [-0.2, -0.15) is 0 Å². The molecule has 0 aromatic heterocycles. The van der Waals surface area contributed by atoms with Gasteiger partial charge < -0.3 is 60.1 Å². The molecule has 1 aromatic rings. The minimum atomic E-state index is -1.06. The third-order valence-corrected chi connectivity index (χ3v) is 6.06. The average Bonchev–Trinajstić information content (AvgIpc) is 3.12. The number of amides is 1. The molecule has 17 heteroatoms. The molecule has 0 saturated heterocycles. The number of nitro groups is 1. The monoisotopic (exact) mass is 717 g/mol. The molecule has 0 radical (unpaired) electrons. The maximum Gasteiger partial charge on any atom is 0.408 e. The number of hydrogen-bond donors (Lipinski definition) is 4. The summed E-state index contributed by atoms with van der Waals surface area (Å²) in [6.07, 6.45) is 1.76. The number of nitrogens with one attached hydrogen (secondary N) is 2. The van der Waals surface area contributed by atoms with Crippen molar-refractivity contribution in [3.05, 3.63) is 40.5 Å². The third-order valence-electron chi connectivity index (χ3n) is 6.06. The molecule has 0 heterocycles. The fourth-order valence-electron chi connectivity index (χ4n) is 3.75. The van der Waals surface area contributed by atoms with E-state index in [0.717, 1.165) is 6.29 Å². The highest BCUT2D eigenvalue weighted by Gasteiger charge is 2.28. The average molecular weight is 718 g/mol. The molecule has 0 bridgehead atoms. The molecule has 0 saturated carbocycles. The van der Waals surface area contributed by atoms with E-state index in [-0.39, 0.29) is 36.0 Å². The van der Waals surface area contributed by atoms with Crippen molar-refractivity contribution in [1.82, 2.24) is 10.6 Å². The van der Waals surface area contributed by atoms with Crippen LogP contribution >= 0.6 is 0 Å². The molecule has 0 fully saturated rings. The number of nitrogens with zero attached hydrogens (tertiary/aromatic N) is 1. The van der Waals surface area contributed by atoms with Gasteiger partial charge in [-0.25, -0.2) is 9.59 Å². The standard InChI is InChI=1S/C23H33N3O9.C8H20N2O3.C2H6/c1-5-12-34-22(28)18(9-8-10-24-3)25-23(29)35-16(2)17-14-20(32-4)21(15-19(17)26(30)31)33-13-7-6-11-27;9-1-3-11-5-7-13-8-6-12-4-2-10;1-2/h5,11,14-16,18,24H,1,6-10,12-13H2,2-4H3,(H,25,29);1-10H2;1-2H3. The maximum absolute atomic E-state index is 12.5. The van der Waals surface area contributed by atoms with Crippen molar-refractivity contribution in [3.8, 4) is 11.5 Å². The second-order valence-electron chi connectivity index (χ2n) is 9.80. The first kappa shape index (κ1) is 48.2. The zero-order valence-electron chi connectivity index (χ0n) is 30.3. The van der Waals surface area contributed by atoms with E-state index < -0.39 is 29.1 Å². The smallest absolute Gasteiger partial charge is 0.408 e. The van der Waals surface area contributed by atoms with Crippen molar-refractivity contribution in [2.24, 2.45) is 11.5 Å². The first-order valence-corrected chi connectivity index (χ1v) is 16.7. The van der Waals surface area contributed by atoms with Gasteiger partial charge in [-0.1, -0.05) is 26.5 Å². The summed E-state index contributed by atoms with van der Waals surface area (Å²) in [7, 11) is 3.13. The molecule has 6 N–H and O–H groups in total. The van der Waals surface area contributed by atoms with Gasteiger partial charge in [-0.05, 0) is 45.8 Å². The van der Waals surface area contributed by atoms with Crippen molar-refractivity contribution in [2.75, 3.05) is 86.6 Å². The Morgan fingerprint density at radius 3 is 2.08 bits per heavy atom. The van der Waals surface area contributed by atoms with Crippen molar-refractivity contribution >= 4 is 24.0 Å². The maximum atomic E-state index is 12.5. The van der Waals surface area contributed by atoms with E-state index in [9.17, 15) is 24.5 Å². The number of methoxy groups -OCH3 is 1. The molecule has 1 amide bonds. The lowest BCUT2D eigenvalue weighted by atomic mass is 10.1. The molecular weight excluding hydrogens is 658 g/mol. The van der Waals surface area contributed by atoms with Gasteiger partial charge >= 0.3 is 12.1 Å². The number of benzene rings is 1. The zero-order valence-corrected chi connectivity index (χ0v) is 30.3. The number of rotatable bonds is 27. The van der Waals surface area contributed by atoms with Gasteiger partial charge in [0.2, 0.25) is 0 Å². The molecule has 288 valence electrons. The normalized spacial score (nSPS) is 11.3. The Kier molecular flexibility index (Phi) is 32.4. The number of unbranched alkanes of at least 4 members (excludes halogenated alkanes) is 1. The summed E-state index contributed by atoms with van der Waals surface area (Å²) in [6, 6.07) is 1.57. The molecule has 2 unspecified atom stereocenters. The lowest BCUT2D eigenvalue weighted by molar-refractivity contribution is -0.386. The van der Waals surface area contributed by atoms with Gasteiger partial charge in [0, 0.05) is 19.5 Å². The predicted molar refractivity (Wildman–Crippen MR) is 188 cm³/mol. The molecule has 2 atom stereocenters. The first-order valence-electron chi connectivity index (χ1n) is 16.7. The molecule has 50 heavy (non-hydrogen) atoms. The number of aldehydes is 1. The zero-order chi connectivity index (χ0) is 38.0. The number of carbonyl (C=O) groups excluding carboxylic acids is 3. The van der Waals surface area contributed by atoms with Crippen LogP contribution in [0.1, 0.15) is 58.1 Å². The second-order valence-corrected chi connectivity index (χ2v) is 9.80. The van der Waals surface area contributed by atoms with E-state index in [1.807, 2.05) is 13.8 Å². The van der Waals surface area contributed by atoms with Crippen LogP contribution in [0.15, 0.2) is 24.8 Å². The van der Waals surface area contributed by atoms with Crippen LogP contribution in [0.5, 0.6) is 11.5 Å². The van der Waals surface area contributed by atoms with Crippen LogP contribution in [0, 0.1) is 10.1 Å². The Labute approximate surface area is 295 Å². The summed E-state index contributed by atoms with van der Waals surface area (Å²) in [6.45, 7) is 14.4. The molecule has 0 aliphatic carbocycles. The summed E-state index contributed by atoms with van der Waals surface area (Å²) < 4.78 is 36.6. The highest BCUT2D eigenvalue weighted by atomic mass is 16.6. The van der Waals surface area contributed by atoms with Gasteiger partial charge in [-0.3, -0.25) is 10.1 Å². The second kappa shape index (κ2) is 33.6. The lowest BCUT2D eigenvalue weighted by Crippen LogP contribution is -2.42. The topological polar surface area (TPSA) is 235 Å². The largest absolute Gasteiger partial charge is 0.493 e. The quantitative estimate of drug-likeness (QED) is 0.0256. The molecule has 17 nitrogen and oxygen atoms in total. The van der Waals surface area contributed by atoms with Crippen molar-refractivity contribution in [3.63, 3.8) is 0 Å². The first-order chi connectivity index (χ1) is 24.2. The van der Waals surface area contributed by atoms with E-state index in [2.05, 4.69) is 17.2 Å². The highest BCUT2D eigenvalue weighted by molar-refractivity contribution is 5.81. The molecular formula is C33H59N5O12. The fourth-order valence-corrected chi connectivity index (χ4v) is 3.75. The van der Waals surface area contributed by atoms with Crippen LogP contribution in [-0.4, -0.2) is 116 Å². The number of ether oxygens (including phenoxy) is 7. The summed E-state index contributed by atoms with van der Waals surface area (Å²) >= 11 is 0. The van der Waals surface area contributed by atoms with Crippen LogP contribution in [0.25, 0.3) is 0 Å². The third kappa shape index (κ3) is 23.5. The summed E-state index contributed by atoms with van der Waals surface area (Å²) in [5, 5.41) is 17.1. The number of nitro benzene ring substituents is 1. The van der Waals surface area contributed by atoms with Crippen molar-refractivity contribution < 1.29 is 52.5 Å². The van der Waals surface area contributed by atoms with Crippen LogP contribution in [0.4, 0.5) is 10.5 Å². The van der Waals surface area contributed by atoms with Crippen LogP contribution < -0.4 is 31.6 Å². The van der Waals surface area contributed by atoms with Gasteiger partial charge in [0.1, 0.15) is 25.0 Å². The number of carbonyl (C=O) groups is 3. The van der Waals surface area contributed by atoms with E-state index in [1.165, 1.54) is 32.2 Å². The number of esters is 1. The van der Waals surface area contributed by atoms with E-state index in [4.69, 9.17) is 44.6 Å². The van der Waals surface area contributed by atoms with Gasteiger partial charge in [0.15, 0.2) is 11.5 Å². The fraction of sp³-hybridized carbons (Fsp3) is 0.667. The summed E-state index contributed by atoms with van der Waals surface area (Å²) in [5.74, 6) is -0.320. The van der Waals surface area contributed by atoms with Crippen molar-refractivity contribution in [2.45, 2.75) is 58.6 Å². The van der Waals surface area contributed by atoms with Gasteiger partial charge in [0.25, 0.3) is 5.69 Å². The Morgan fingerprint density at radius 2 is 1.58 bits per heavy atom. The number of hydrogen-bond acceptors (Lipinski definition) is 15. The summed E-state index contributed by atoms with van der Waals surface area (Å²) in [5.41, 5.74) is 10.2. The van der Waals surface area contributed by atoms with Gasteiger partial charge in [-0.15, -0.1) is 0 Å². The summed E-state index contributed by atoms with van der Waals surface area (Å²) in [4.78, 5) is 46.3. The Balaban J connectivity index is 0. The Morgan fingerprint density at radius 1 is 0.980 bits per heavy atom. The van der Waals surface area contributed by atoms with Gasteiger partial charge in [0.05, 0.1) is 69.9 Å².